The molecule has 1 heterocycles. The van der Waals surface area contributed by atoms with Gasteiger partial charge in [0.1, 0.15) is 6.04 Å². The van der Waals surface area contributed by atoms with Crippen molar-refractivity contribution in [1.29, 1.82) is 0 Å². The van der Waals surface area contributed by atoms with Crippen LogP contribution in [0.2, 0.25) is 0 Å². The van der Waals surface area contributed by atoms with E-state index in [0.29, 0.717) is 18.5 Å². The first kappa shape index (κ1) is 15.0. The molecule has 1 aliphatic heterocycles. The molecule has 1 fully saturated rings. The summed E-state index contributed by atoms with van der Waals surface area (Å²) in [6.07, 6.45) is 2.11. The lowest BCUT2D eigenvalue weighted by molar-refractivity contribution is -0.146. The second-order valence-corrected chi connectivity index (χ2v) is 6.77. The van der Waals surface area contributed by atoms with Gasteiger partial charge in [-0.1, -0.05) is 18.2 Å². The van der Waals surface area contributed by atoms with Crippen LogP contribution >= 0.6 is 0 Å². The topological polar surface area (TPSA) is 63.7 Å². The second kappa shape index (κ2) is 5.93. The Balaban J connectivity index is 2.41. The molecule has 0 bridgehead atoms. The van der Waals surface area contributed by atoms with Gasteiger partial charge in [-0.2, -0.15) is 4.31 Å². The first-order valence-electron chi connectivity index (χ1n) is 6.64. The predicted molar refractivity (Wildman–Crippen MR) is 74.7 cm³/mol. The molecular formula is C14H19NO4S. The molecule has 1 aliphatic rings. The molecule has 1 aromatic carbocycles. The normalized spacial score (nSPS) is 20.6. The highest BCUT2D eigenvalue weighted by Gasteiger charge is 2.38. The monoisotopic (exact) mass is 297 g/mol. The van der Waals surface area contributed by atoms with Crippen molar-refractivity contribution in [3.05, 3.63) is 29.8 Å². The van der Waals surface area contributed by atoms with Gasteiger partial charge in [-0.25, -0.2) is 8.42 Å². The number of ether oxygens (including phenoxy) is 1. The van der Waals surface area contributed by atoms with Crippen LogP contribution in [0.1, 0.15) is 24.8 Å². The summed E-state index contributed by atoms with van der Waals surface area (Å²) in [5.41, 5.74) is 0.682. The van der Waals surface area contributed by atoms with Gasteiger partial charge in [0.05, 0.1) is 12.0 Å². The summed E-state index contributed by atoms with van der Waals surface area (Å²) < 4.78 is 31.5. The number of benzene rings is 1. The minimum absolute atomic E-state index is 0.260. The fraction of sp³-hybridized carbons (Fsp3) is 0.500. The Morgan fingerprint density at radius 3 is 2.65 bits per heavy atom. The van der Waals surface area contributed by atoms with Gasteiger partial charge in [0.2, 0.25) is 10.0 Å². The maximum Gasteiger partial charge on any atom is 0.324 e. The third-order valence-corrected chi connectivity index (χ3v) is 5.68. The quantitative estimate of drug-likeness (QED) is 0.797. The summed E-state index contributed by atoms with van der Waals surface area (Å²) in [6.45, 7) is 2.11. The second-order valence-electron chi connectivity index (χ2n) is 4.92. The molecule has 0 amide bonds. The van der Waals surface area contributed by atoms with Gasteiger partial charge >= 0.3 is 5.97 Å². The van der Waals surface area contributed by atoms with Crippen molar-refractivity contribution < 1.29 is 17.9 Å². The minimum Gasteiger partial charge on any atom is -0.468 e. The average molecular weight is 297 g/mol. The summed E-state index contributed by atoms with van der Waals surface area (Å²) in [4.78, 5) is 12.1. The van der Waals surface area contributed by atoms with E-state index in [-0.39, 0.29) is 4.90 Å². The Morgan fingerprint density at radius 2 is 2.00 bits per heavy atom. The molecule has 110 valence electrons. The Morgan fingerprint density at radius 1 is 1.30 bits per heavy atom. The molecule has 1 saturated heterocycles. The van der Waals surface area contributed by atoms with Crippen molar-refractivity contribution in [2.24, 2.45) is 0 Å². The summed E-state index contributed by atoms with van der Waals surface area (Å²) in [5.74, 6) is -0.484. The minimum atomic E-state index is -3.66. The number of methoxy groups -OCH3 is 1. The van der Waals surface area contributed by atoms with Gasteiger partial charge in [0.25, 0.3) is 0 Å². The van der Waals surface area contributed by atoms with Gasteiger partial charge in [-0.15, -0.1) is 0 Å². The number of sulfonamides is 1. The van der Waals surface area contributed by atoms with Crippen LogP contribution in [-0.2, 0) is 19.6 Å². The molecule has 0 aromatic heterocycles. The molecule has 20 heavy (non-hydrogen) atoms. The van der Waals surface area contributed by atoms with Crippen LogP contribution in [0.5, 0.6) is 0 Å². The maximum atomic E-state index is 12.8. The third kappa shape index (κ3) is 2.71. The van der Waals surface area contributed by atoms with E-state index in [2.05, 4.69) is 0 Å². The molecule has 0 aliphatic carbocycles. The molecular weight excluding hydrogens is 278 g/mol. The zero-order chi connectivity index (χ0) is 14.8. The highest BCUT2D eigenvalue weighted by Crippen LogP contribution is 2.27. The zero-order valence-corrected chi connectivity index (χ0v) is 12.5. The number of hydrogen-bond donors (Lipinski definition) is 0. The third-order valence-electron chi connectivity index (χ3n) is 3.61. The van der Waals surface area contributed by atoms with Crippen LogP contribution in [0.15, 0.2) is 29.2 Å². The number of carbonyl (C=O) groups excluding carboxylic acids is 1. The van der Waals surface area contributed by atoms with E-state index >= 15 is 0 Å². The predicted octanol–water partition coefficient (Wildman–Crippen LogP) is 1.71. The maximum absolute atomic E-state index is 12.8. The Hall–Kier alpha value is -1.40. The first-order valence-corrected chi connectivity index (χ1v) is 8.08. The van der Waals surface area contributed by atoms with Crippen LogP contribution in [0, 0.1) is 6.92 Å². The van der Waals surface area contributed by atoms with Gasteiger partial charge in [0, 0.05) is 6.54 Å². The molecule has 0 spiro atoms. The van der Waals surface area contributed by atoms with E-state index in [9.17, 15) is 13.2 Å². The molecule has 0 N–H and O–H groups in total. The molecule has 0 saturated carbocycles. The smallest absolute Gasteiger partial charge is 0.324 e. The summed E-state index contributed by atoms with van der Waals surface area (Å²) in [6, 6.07) is 6.11. The fourth-order valence-corrected chi connectivity index (χ4v) is 4.41. The van der Waals surface area contributed by atoms with Crippen molar-refractivity contribution >= 4 is 16.0 Å². The molecule has 5 nitrogen and oxygen atoms in total. The molecule has 1 atom stereocenters. The Labute approximate surface area is 119 Å². The summed E-state index contributed by atoms with van der Waals surface area (Å²) in [7, 11) is -2.38. The van der Waals surface area contributed by atoms with Crippen LogP contribution in [0.3, 0.4) is 0 Å². The van der Waals surface area contributed by atoms with Crippen LogP contribution in [0.25, 0.3) is 0 Å². The number of esters is 1. The number of hydrogen-bond acceptors (Lipinski definition) is 4. The van der Waals surface area contributed by atoms with E-state index in [1.165, 1.54) is 11.4 Å². The van der Waals surface area contributed by atoms with E-state index in [4.69, 9.17) is 4.74 Å². The number of piperidine rings is 1. The fourth-order valence-electron chi connectivity index (χ4n) is 2.54. The number of rotatable bonds is 3. The van der Waals surface area contributed by atoms with Crippen molar-refractivity contribution in [2.45, 2.75) is 37.1 Å². The van der Waals surface area contributed by atoms with Crippen molar-refractivity contribution in [3.63, 3.8) is 0 Å². The van der Waals surface area contributed by atoms with Gasteiger partial charge < -0.3 is 4.74 Å². The van der Waals surface area contributed by atoms with Crippen molar-refractivity contribution in [2.75, 3.05) is 13.7 Å². The van der Waals surface area contributed by atoms with Gasteiger partial charge in [-0.05, 0) is 37.8 Å². The highest BCUT2D eigenvalue weighted by molar-refractivity contribution is 7.89. The number of carbonyl (C=O) groups is 1. The van der Waals surface area contributed by atoms with E-state index in [1.807, 2.05) is 0 Å². The van der Waals surface area contributed by atoms with Crippen molar-refractivity contribution in [1.82, 2.24) is 4.31 Å². The lowest BCUT2D eigenvalue weighted by Gasteiger charge is -2.33. The number of aryl methyl sites for hydroxylation is 1. The lowest BCUT2D eigenvalue weighted by atomic mass is 10.1. The molecule has 0 radical (unpaired) electrons. The van der Waals surface area contributed by atoms with Crippen LogP contribution in [0.4, 0.5) is 0 Å². The lowest BCUT2D eigenvalue weighted by Crippen LogP contribution is -2.48. The molecule has 2 rings (SSSR count). The average Bonchev–Trinajstić information content (AvgIpc) is 2.46. The Bertz CT molecular complexity index is 597. The largest absolute Gasteiger partial charge is 0.468 e. The van der Waals surface area contributed by atoms with Crippen molar-refractivity contribution in [3.8, 4) is 0 Å². The summed E-state index contributed by atoms with van der Waals surface area (Å²) >= 11 is 0. The number of nitrogens with zero attached hydrogens (tertiary/aromatic N) is 1. The standard InChI is InChI=1S/C14H19NO4S/c1-11-7-3-4-9-13(11)20(17,18)15-10-6-5-8-12(15)14(16)19-2/h3-4,7,9,12H,5-6,8,10H2,1-2H3. The molecule has 1 aromatic rings. The van der Waals surface area contributed by atoms with Crippen LogP contribution < -0.4 is 0 Å². The van der Waals surface area contributed by atoms with Gasteiger partial charge in [0.15, 0.2) is 0 Å². The van der Waals surface area contributed by atoms with E-state index in [0.717, 1.165) is 12.8 Å². The molecule has 1 unspecified atom stereocenters. The van der Waals surface area contributed by atoms with Gasteiger partial charge in [-0.3, -0.25) is 4.79 Å². The zero-order valence-electron chi connectivity index (χ0n) is 11.7. The first-order chi connectivity index (χ1) is 9.48. The SMILES string of the molecule is COC(=O)C1CCCCN1S(=O)(=O)c1ccccc1C. The summed E-state index contributed by atoms with van der Waals surface area (Å²) in [5, 5.41) is 0. The Kier molecular flexibility index (Phi) is 4.45. The van der Waals surface area contributed by atoms with Crippen LogP contribution in [-0.4, -0.2) is 38.4 Å². The van der Waals surface area contributed by atoms with E-state index in [1.54, 1.807) is 31.2 Å². The molecule has 6 heteroatoms. The van der Waals surface area contributed by atoms with E-state index < -0.39 is 22.0 Å². The highest BCUT2D eigenvalue weighted by atomic mass is 32.2.